The lowest BCUT2D eigenvalue weighted by atomic mass is 9.78. The lowest BCUT2D eigenvalue weighted by Gasteiger charge is -2.26. The van der Waals surface area contributed by atoms with Gasteiger partial charge in [0.25, 0.3) is 0 Å². The van der Waals surface area contributed by atoms with Crippen molar-refractivity contribution in [1.29, 1.82) is 0 Å². The third-order valence-corrected chi connectivity index (χ3v) is 5.01. The molecule has 26 heavy (non-hydrogen) atoms. The van der Waals surface area contributed by atoms with E-state index in [0.29, 0.717) is 36.3 Å². The predicted molar refractivity (Wildman–Crippen MR) is 101 cm³/mol. The van der Waals surface area contributed by atoms with E-state index >= 15 is 0 Å². The number of rotatable bonds is 6. The van der Waals surface area contributed by atoms with Crippen LogP contribution in [0.3, 0.4) is 0 Å². The van der Waals surface area contributed by atoms with Gasteiger partial charge in [0.2, 0.25) is 0 Å². The molecule has 1 atom stereocenters. The zero-order valence-corrected chi connectivity index (χ0v) is 16.3. The van der Waals surface area contributed by atoms with E-state index < -0.39 is 0 Å². The van der Waals surface area contributed by atoms with Crippen LogP contribution < -0.4 is 0 Å². The van der Waals surface area contributed by atoms with E-state index in [1.54, 1.807) is 13.8 Å². The monoisotopic (exact) mass is 361 g/mol. The van der Waals surface area contributed by atoms with Crippen LogP contribution in [0.15, 0.2) is 22.6 Å². The highest BCUT2D eigenvalue weighted by Gasteiger charge is 2.32. The van der Waals surface area contributed by atoms with Gasteiger partial charge in [-0.3, -0.25) is 4.79 Å². The molecule has 0 fully saturated rings. The highest BCUT2D eigenvalue weighted by Crippen LogP contribution is 2.37. The number of halogens is 1. The van der Waals surface area contributed by atoms with Gasteiger partial charge in [-0.25, -0.2) is 4.39 Å². The zero-order valence-electron chi connectivity index (χ0n) is 16.3. The Bertz CT molecular complexity index is 765. The Hall–Kier alpha value is -2.17. The van der Waals surface area contributed by atoms with E-state index in [1.165, 1.54) is 0 Å². The molecule has 0 amide bonds. The summed E-state index contributed by atoms with van der Waals surface area (Å²) in [6, 6.07) is 1.94. The van der Waals surface area contributed by atoms with Gasteiger partial charge in [0.05, 0.1) is 11.3 Å². The molecule has 0 saturated heterocycles. The van der Waals surface area contributed by atoms with Crippen LogP contribution in [0.4, 0.5) is 4.39 Å². The van der Waals surface area contributed by atoms with Crippen LogP contribution >= 0.6 is 0 Å². The summed E-state index contributed by atoms with van der Waals surface area (Å²) in [4.78, 5) is 17.9. The Morgan fingerprint density at radius 1 is 1.27 bits per heavy atom. The molecule has 4 nitrogen and oxygen atoms in total. The van der Waals surface area contributed by atoms with Crippen LogP contribution in [0.5, 0.6) is 0 Å². The number of aryl methyl sites for hydroxylation is 1. The molecule has 0 saturated carbocycles. The Labute approximate surface area is 154 Å². The van der Waals surface area contributed by atoms with Crippen molar-refractivity contribution in [2.45, 2.75) is 66.2 Å². The van der Waals surface area contributed by atoms with Crippen molar-refractivity contribution in [2.75, 3.05) is 6.61 Å². The van der Waals surface area contributed by atoms with Crippen molar-refractivity contribution < 1.29 is 19.1 Å². The molecule has 1 aromatic rings. The number of Topliss-reactive ketones (excluding diaryl/α,β-unsaturated/α-hetero) is 1. The van der Waals surface area contributed by atoms with Crippen molar-refractivity contribution in [3.8, 4) is 0 Å². The fourth-order valence-corrected chi connectivity index (χ4v) is 3.49. The number of hydrogen-bond acceptors (Lipinski definition) is 4. The normalized spacial score (nSPS) is 18.5. The van der Waals surface area contributed by atoms with Gasteiger partial charge < -0.3 is 9.94 Å². The smallest absolute Gasteiger partial charge is 0.168 e. The van der Waals surface area contributed by atoms with Crippen molar-refractivity contribution in [1.82, 2.24) is 0 Å². The summed E-state index contributed by atoms with van der Waals surface area (Å²) in [5.41, 5.74) is 3.61. The molecule has 0 radical (unpaired) electrons. The lowest BCUT2D eigenvalue weighted by molar-refractivity contribution is -0.116. The second-order valence-electron chi connectivity index (χ2n) is 6.90. The van der Waals surface area contributed by atoms with E-state index in [1.807, 2.05) is 26.8 Å². The maximum absolute atomic E-state index is 14.5. The number of carbonyl (C=O) groups is 1. The van der Waals surface area contributed by atoms with Crippen LogP contribution in [-0.4, -0.2) is 23.2 Å². The summed E-state index contributed by atoms with van der Waals surface area (Å²) in [6.07, 6.45) is 1.89. The van der Waals surface area contributed by atoms with E-state index in [4.69, 9.17) is 4.84 Å². The van der Waals surface area contributed by atoms with Crippen molar-refractivity contribution in [2.24, 2.45) is 5.16 Å². The highest BCUT2D eigenvalue weighted by molar-refractivity contribution is 6.23. The lowest BCUT2D eigenvalue weighted by Crippen LogP contribution is -2.24. The zero-order chi connectivity index (χ0) is 19.4. The first-order valence-corrected chi connectivity index (χ1v) is 9.22. The first-order chi connectivity index (χ1) is 12.3. The molecule has 1 N–H and O–H groups in total. The minimum atomic E-state index is -0.230. The summed E-state index contributed by atoms with van der Waals surface area (Å²) < 4.78 is 14.5. The first kappa shape index (κ1) is 20.1. The predicted octanol–water partition coefficient (Wildman–Crippen LogP) is 5.20. The molecule has 1 aliphatic rings. The fourth-order valence-electron chi connectivity index (χ4n) is 3.49. The van der Waals surface area contributed by atoms with Crippen LogP contribution in [0, 0.1) is 26.6 Å². The number of ketones is 1. The maximum atomic E-state index is 14.5. The average Bonchev–Trinajstić information content (AvgIpc) is 2.60. The molecule has 5 heteroatoms. The van der Waals surface area contributed by atoms with Gasteiger partial charge in [0.15, 0.2) is 5.78 Å². The van der Waals surface area contributed by atoms with Crippen molar-refractivity contribution in [3.05, 3.63) is 45.5 Å². The van der Waals surface area contributed by atoms with Crippen LogP contribution in [0.1, 0.15) is 67.7 Å². The second-order valence-corrected chi connectivity index (χ2v) is 6.90. The van der Waals surface area contributed by atoms with Crippen molar-refractivity contribution in [3.63, 3.8) is 0 Å². The Morgan fingerprint density at radius 3 is 2.54 bits per heavy atom. The summed E-state index contributed by atoms with van der Waals surface area (Å²) in [5.74, 6) is -0.596. The van der Waals surface area contributed by atoms with Crippen LogP contribution in [0.2, 0.25) is 0 Å². The first-order valence-electron chi connectivity index (χ1n) is 9.22. The van der Waals surface area contributed by atoms with E-state index in [9.17, 15) is 14.3 Å². The third kappa shape index (κ3) is 3.97. The number of allylic oxidation sites excluding steroid dienone is 2. The second kappa shape index (κ2) is 8.47. The van der Waals surface area contributed by atoms with Crippen LogP contribution in [0.25, 0.3) is 0 Å². The molecule has 1 unspecified atom stereocenters. The van der Waals surface area contributed by atoms with Gasteiger partial charge in [0, 0.05) is 12.8 Å². The summed E-state index contributed by atoms with van der Waals surface area (Å²) >= 11 is 0. The number of nitrogens with zero attached hydrogens (tertiary/aromatic N) is 1. The average molecular weight is 361 g/mol. The quantitative estimate of drug-likeness (QED) is 0.559. The topological polar surface area (TPSA) is 58.9 Å². The van der Waals surface area contributed by atoms with Gasteiger partial charge in [-0.05, 0) is 62.3 Å². The number of benzene rings is 1. The number of aliphatic hydroxyl groups excluding tert-OH is 1. The van der Waals surface area contributed by atoms with E-state index in [2.05, 4.69) is 5.16 Å². The largest absolute Gasteiger partial charge is 0.511 e. The number of carbonyl (C=O) groups excluding carboxylic acids is 1. The summed E-state index contributed by atoms with van der Waals surface area (Å²) in [7, 11) is 0. The Balaban J connectivity index is 2.41. The molecule has 1 aliphatic carbocycles. The molecule has 0 aromatic heterocycles. The highest BCUT2D eigenvalue weighted by atomic mass is 19.1. The van der Waals surface area contributed by atoms with Gasteiger partial charge >= 0.3 is 0 Å². The van der Waals surface area contributed by atoms with E-state index in [-0.39, 0.29) is 35.3 Å². The molecule has 0 aliphatic heterocycles. The van der Waals surface area contributed by atoms with Gasteiger partial charge in [-0.15, -0.1) is 0 Å². The minimum absolute atomic E-state index is 0.0242. The summed E-state index contributed by atoms with van der Waals surface area (Å²) in [6.45, 7) is 9.55. The SMILES string of the molecule is CCC/C(=N\OCC)C1=C(O)CC(c2cc(C)c(C)c(F)c2C)CC1=O. The number of hydrogen-bond donors (Lipinski definition) is 1. The molecular formula is C21H28FNO3. The standard InChI is InChI=1S/C21H28FNO3/c1-6-8-17(23-26-7-2)20-18(24)10-15(11-19(20)25)16-9-12(3)13(4)21(22)14(16)5/h9,15,24H,6-8,10-11H2,1-5H3/b23-17+. The Morgan fingerprint density at radius 2 is 1.96 bits per heavy atom. The van der Waals surface area contributed by atoms with E-state index in [0.717, 1.165) is 17.5 Å². The molecular weight excluding hydrogens is 333 g/mol. The molecule has 2 rings (SSSR count). The molecule has 0 heterocycles. The van der Waals surface area contributed by atoms with Gasteiger partial charge in [-0.1, -0.05) is 24.6 Å². The molecule has 142 valence electrons. The fraction of sp³-hybridized carbons (Fsp3) is 0.524. The number of oxime groups is 1. The molecule has 1 aromatic carbocycles. The number of aliphatic hydroxyl groups is 1. The summed E-state index contributed by atoms with van der Waals surface area (Å²) in [5, 5.41) is 14.6. The molecule has 0 bridgehead atoms. The Kier molecular flexibility index (Phi) is 6.57. The van der Waals surface area contributed by atoms with Crippen LogP contribution in [-0.2, 0) is 9.63 Å². The third-order valence-electron chi connectivity index (χ3n) is 5.01. The minimum Gasteiger partial charge on any atom is -0.511 e. The van der Waals surface area contributed by atoms with Crippen molar-refractivity contribution >= 4 is 11.5 Å². The molecule has 0 spiro atoms. The maximum Gasteiger partial charge on any atom is 0.168 e. The van der Waals surface area contributed by atoms with Gasteiger partial charge in [-0.2, -0.15) is 0 Å². The van der Waals surface area contributed by atoms with Gasteiger partial charge in [0.1, 0.15) is 18.2 Å².